The average molecular weight is 665 g/mol. The second-order valence-corrected chi connectivity index (χ2v) is 14.1. The minimum Gasteiger partial charge on any atom is -0.461 e. The minimum atomic E-state index is -2.13. The lowest BCUT2D eigenvalue weighted by atomic mass is 9.44. The lowest BCUT2D eigenvalue weighted by Crippen LogP contribution is -2.82. The molecule has 262 valence electrons. The summed E-state index contributed by atoms with van der Waals surface area (Å²) < 4.78 is 35.5. The van der Waals surface area contributed by atoms with Gasteiger partial charge in [0.05, 0.1) is 17.9 Å². The lowest BCUT2D eigenvalue weighted by molar-refractivity contribution is -0.347. The minimum absolute atomic E-state index is 0.00271. The smallest absolute Gasteiger partial charge is 0.306 e. The van der Waals surface area contributed by atoms with Crippen LogP contribution in [0, 0.1) is 16.7 Å². The number of Topliss-reactive ketones (excluding diaryl/α,β-unsaturated/α-hetero) is 1. The van der Waals surface area contributed by atoms with E-state index in [-0.39, 0.29) is 31.4 Å². The molecule has 4 aliphatic rings. The Morgan fingerprint density at radius 1 is 0.894 bits per heavy atom. The summed E-state index contributed by atoms with van der Waals surface area (Å²) in [6, 6.07) is 0. The Hall–Kier alpha value is -3.32. The van der Waals surface area contributed by atoms with Crippen molar-refractivity contribution in [2.75, 3.05) is 6.61 Å². The highest BCUT2D eigenvalue weighted by Gasteiger charge is 2.79. The third-order valence-corrected chi connectivity index (χ3v) is 10.8. The van der Waals surface area contributed by atoms with Crippen molar-refractivity contribution < 1.29 is 62.3 Å². The number of aliphatic hydroxyl groups is 1. The fourth-order valence-electron chi connectivity index (χ4n) is 8.53. The third kappa shape index (κ3) is 5.98. The molecule has 1 N–H and O–H groups in total. The molecule has 9 atom stereocenters. The van der Waals surface area contributed by atoms with E-state index in [4.69, 9.17) is 28.4 Å². The van der Waals surface area contributed by atoms with Crippen LogP contribution in [0.5, 0.6) is 0 Å². The molecule has 2 bridgehead atoms. The van der Waals surface area contributed by atoms with Crippen molar-refractivity contribution in [3.05, 3.63) is 11.1 Å². The number of unbranched alkanes of at least 4 members (excludes halogenated alkanes) is 2. The number of carbonyl (C=O) groups excluding carboxylic acids is 6. The number of rotatable bonds is 9. The molecule has 1 heterocycles. The van der Waals surface area contributed by atoms with E-state index < -0.39 is 94.1 Å². The normalized spacial score (nSPS) is 37.1. The summed E-state index contributed by atoms with van der Waals surface area (Å²) in [5, 5.41) is 13.2. The van der Waals surface area contributed by atoms with E-state index in [1.807, 2.05) is 6.92 Å². The zero-order valence-corrected chi connectivity index (χ0v) is 28.8. The Kier molecular flexibility index (Phi) is 10.1. The van der Waals surface area contributed by atoms with Gasteiger partial charge in [-0.05, 0) is 31.4 Å². The average Bonchev–Trinajstić information content (AvgIpc) is 2.93. The first-order valence-electron chi connectivity index (χ1n) is 16.3. The number of fused-ring (bicyclic) bond motifs is 5. The summed E-state index contributed by atoms with van der Waals surface area (Å²) in [7, 11) is 0. The van der Waals surface area contributed by atoms with Crippen molar-refractivity contribution in [1.29, 1.82) is 0 Å². The number of ketones is 1. The highest BCUT2D eigenvalue weighted by Crippen LogP contribution is 2.64. The maximum absolute atomic E-state index is 15.3. The zero-order valence-electron chi connectivity index (χ0n) is 28.8. The van der Waals surface area contributed by atoms with Gasteiger partial charge in [-0.15, -0.1) is 0 Å². The molecule has 0 spiro atoms. The molecule has 0 unspecified atom stereocenters. The molecule has 0 amide bonds. The first-order valence-corrected chi connectivity index (χ1v) is 16.3. The first-order chi connectivity index (χ1) is 21.8. The van der Waals surface area contributed by atoms with Gasteiger partial charge in [-0.1, -0.05) is 33.6 Å². The van der Waals surface area contributed by atoms with Gasteiger partial charge in [0.15, 0.2) is 17.5 Å². The van der Waals surface area contributed by atoms with Crippen molar-refractivity contribution in [3.8, 4) is 0 Å². The number of hydrogen-bond donors (Lipinski definition) is 1. The summed E-state index contributed by atoms with van der Waals surface area (Å²) in [6.45, 7) is 12.9. The van der Waals surface area contributed by atoms with Gasteiger partial charge in [0.1, 0.15) is 30.0 Å². The molecule has 0 aromatic carbocycles. The van der Waals surface area contributed by atoms with Crippen LogP contribution in [0.25, 0.3) is 0 Å². The lowest BCUT2D eigenvalue weighted by Gasteiger charge is -2.67. The summed E-state index contributed by atoms with van der Waals surface area (Å²) in [5.41, 5.74) is -6.55. The van der Waals surface area contributed by atoms with Crippen LogP contribution in [0.3, 0.4) is 0 Å². The molecule has 47 heavy (non-hydrogen) atoms. The molecule has 1 aliphatic heterocycles. The molecule has 0 aromatic rings. The first kappa shape index (κ1) is 36.5. The van der Waals surface area contributed by atoms with E-state index in [0.29, 0.717) is 12.0 Å². The van der Waals surface area contributed by atoms with Crippen LogP contribution in [0.1, 0.15) is 101 Å². The van der Waals surface area contributed by atoms with Gasteiger partial charge in [0.25, 0.3) is 0 Å². The molecule has 4 rings (SSSR count). The van der Waals surface area contributed by atoms with E-state index in [0.717, 1.165) is 19.8 Å². The van der Waals surface area contributed by atoms with Gasteiger partial charge in [-0.25, -0.2) is 0 Å². The van der Waals surface area contributed by atoms with Crippen molar-refractivity contribution in [1.82, 2.24) is 0 Å². The van der Waals surface area contributed by atoms with Crippen molar-refractivity contribution in [2.24, 2.45) is 16.7 Å². The summed E-state index contributed by atoms with van der Waals surface area (Å²) in [5.74, 6) is -5.67. The van der Waals surface area contributed by atoms with Crippen LogP contribution >= 0.6 is 0 Å². The number of hydrogen-bond acceptors (Lipinski definition) is 13. The zero-order chi connectivity index (χ0) is 35.3. The van der Waals surface area contributed by atoms with Crippen LogP contribution in [-0.4, -0.2) is 89.1 Å². The predicted octanol–water partition coefficient (Wildman–Crippen LogP) is 3.06. The Bertz CT molecular complexity index is 1370. The topological polar surface area (TPSA) is 178 Å². The van der Waals surface area contributed by atoms with E-state index in [9.17, 15) is 29.1 Å². The quantitative estimate of drug-likeness (QED) is 0.165. The summed E-state index contributed by atoms with van der Waals surface area (Å²) in [4.78, 5) is 79.3. The van der Waals surface area contributed by atoms with Crippen molar-refractivity contribution >= 4 is 35.6 Å². The van der Waals surface area contributed by atoms with E-state index in [1.165, 1.54) is 27.7 Å². The summed E-state index contributed by atoms with van der Waals surface area (Å²) in [6.07, 6.45) is -4.79. The second kappa shape index (κ2) is 12.9. The van der Waals surface area contributed by atoms with Crippen LogP contribution < -0.4 is 0 Å². The molecule has 2 saturated carbocycles. The largest absolute Gasteiger partial charge is 0.461 e. The van der Waals surface area contributed by atoms with E-state index >= 15 is 4.79 Å². The van der Waals surface area contributed by atoms with Gasteiger partial charge >= 0.3 is 29.8 Å². The number of carbonyl (C=O) groups is 6. The SMILES string of the molecule is CCCCCC(=O)O[C@H]1[C@@H]2[C@]3(OC(C)=O)CO[C@@H]3C[C@H](OC(C)=O)[C@@]2(C)C(=O)[C@H](OC(C)=O)C2=C(C)[C@@H](OC(C)=O)C[C@]1(O)C2(C)C. The molecule has 3 fully saturated rings. The molecule has 3 aliphatic carbocycles. The Morgan fingerprint density at radius 3 is 2.02 bits per heavy atom. The van der Waals surface area contributed by atoms with Crippen molar-refractivity contribution in [3.63, 3.8) is 0 Å². The number of esters is 5. The molecule has 13 heteroatoms. The fraction of sp³-hybridized carbons (Fsp3) is 0.765. The highest BCUT2D eigenvalue weighted by molar-refractivity contribution is 5.95. The van der Waals surface area contributed by atoms with Gasteiger partial charge in [0.2, 0.25) is 0 Å². The molecular weight excluding hydrogens is 616 g/mol. The van der Waals surface area contributed by atoms with Crippen LogP contribution in [0.4, 0.5) is 0 Å². The van der Waals surface area contributed by atoms with Gasteiger partial charge in [0, 0.05) is 52.4 Å². The molecule has 1 saturated heterocycles. The van der Waals surface area contributed by atoms with Crippen LogP contribution in [0.2, 0.25) is 0 Å². The Labute approximate surface area is 275 Å². The van der Waals surface area contributed by atoms with Gasteiger partial charge in [-0.2, -0.15) is 0 Å². The number of ether oxygens (including phenoxy) is 6. The van der Waals surface area contributed by atoms with Crippen molar-refractivity contribution in [2.45, 2.75) is 143 Å². The molecule has 0 radical (unpaired) electrons. The molecular formula is C34H48O13. The maximum atomic E-state index is 15.3. The van der Waals surface area contributed by atoms with E-state index in [2.05, 4.69) is 0 Å². The predicted molar refractivity (Wildman–Crippen MR) is 162 cm³/mol. The monoisotopic (exact) mass is 664 g/mol. The van der Waals surface area contributed by atoms with Gasteiger partial charge in [-0.3, -0.25) is 28.8 Å². The highest BCUT2D eigenvalue weighted by atomic mass is 16.6. The van der Waals surface area contributed by atoms with Gasteiger partial charge < -0.3 is 33.5 Å². The molecule has 13 nitrogen and oxygen atoms in total. The molecule has 0 aromatic heterocycles. The Morgan fingerprint density at radius 2 is 1.51 bits per heavy atom. The Balaban J connectivity index is 2.12. The maximum Gasteiger partial charge on any atom is 0.306 e. The third-order valence-electron chi connectivity index (χ3n) is 10.8. The van der Waals surface area contributed by atoms with E-state index in [1.54, 1.807) is 20.8 Å². The standard InChI is InChI=1S/C34H48O13/c1-10-11-12-13-25(39)46-30-28-32(9,23(44-19(4)36)14-24-33(28,16-42-24)47-21(6)38)29(40)27(45-20(5)37)26-17(2)22(43-18(3)35)15-34(30,41)31(26,7)8/h22-24,27-28,30,41H,10-16H2,1-9H3/t22-,23-,24+,27+,28-,30-,32+,33-,34+/m0/s1. The summed E-state index contributed by atoms with van der Waals surface area (Å²) >= 11 is 0. The second-order valence-electron chi connectivity index (χ2n) is 14.1. The van der Waals surface area contributed by atoms with Crippen LogP contribution in [-0.2, 0) is 57.2 Å². The van der Waals surface area contributed by atoms with Crippen LogP contribution in [0.15, 0.2) is 11.1 Å². The fourth-order valence-corrected chi connectivity index (χ4v) is 8.53.